The van der Waals surface area contributed by atoms with Gasteiger partial charge in [-0.2, -0.15) is 0 Å². The van der Waals surface area contributed by atoms with Crippen LogP contribution < -0.4 is 10.1 Å². The van der Waals surface area contributed by atoms with Crippen LogP contribution in [0.5, 0.6) is 5.75 Å². The second-order valence-electron chi connectivity index (χ2n) is 7.04. The first-order valence-electron chi connectivity index (χ1n) is 9.70. The van der Waals surface area contributed by atoms with Gasteiger partial charge in [-0.05, 0) is 47.9 Å². The number of rotatable bonds is 7. The molecule has 4 rings (SSSR count). The van der Waals surface area contributed by atoms with Crippen LogP contribution in [0.3, 0.4) is 0 Å². The lowest BCUT2D eigenvalue weighted by Gasteiger charge is -2.20. The Labute approximate surface area is 179 Å². The van der Waals surface area contributed by atoms with Gasteiger partial charge in [0, 0.05) is 0 Å². The number of hydrogen-bond donors (Lipinski definition) is 2. The van der Waals surface area contributed by atoms with Crippen molar-refractivity contribution in [1.82, 2.24) is 15.3 Å². The lowest BCUT2D eigenvalue weighted by molar-refractivity contribution is -0.119. The van der Waals surface area contributed by atoms with Gasteiger partial charge < -0.3 is 15.0 Å². The van der Waals surface area contributed by atoms with Crippen molar-refractivity contribution in [2.24, 2.45) is 0 Å². The molecular formula is C24H23N3O2S. The van der Waals surface area contributed by atoms with Crippen molar-refractivity contribution in [2.45, 2.75) is 18.1 Å². The van der Waals surface area contributed by atoms with Gasteiger partial charge in [0.15, 0.2) is 5.16 Å². The Kier molecular flexibility index (Phi) is 6.05. The Morgan fingerprint density at radius 3 is 2.53 bits per heavy atom. The highest BCUT2D eigenvalue weighted by Gasteiger charge is 2.17. The first kappa shape index (κ1) is 20.0. The molecule has 0 aliphatic heterocycles. The van der Waals surface area contributed by atoms with Crippen LogP contribution in [-0.2, 0) is 4.79 Å². The quantitative estimate of drug-likeness (QED) is 0.421. The molecule has 152 valence electrons. The fraction of sp³-hybridized carbons (Fsp3) is 0.167. The molecule has 4 aromatic rings. The maximum Gasteiger partial charge on any atom is 0.231 e. The number of hydrogen-bond acceptors (Lipinski definition) is 4. The van der Waals surface area contributed by atoms with Crippen LogP contribution in [0.1, 0.15) is 22.7 Å². The lowest BCUT2D eigenvalue weighted by Crippen LogP contribution is -2.30. The largest absolute Gasteiger partial charge is 0.497 e. The van der Waals surface area contributed by atoms with E-state index in [9.17, 15) is 4.79 Å². The van der Waals surface area contributed by atoms with Crippen molar-refractivity contribution >= 4 is 28.7 Å². The van der Waals surface area contributed by atoms with Gasteiger partial charge in [0.05, 0.1) is 29.9 Å². The Balaban J connectivity index is 1.48. The van der Waals surface area contributed by atoms with Crippen LogP contribution in [0, 0.1) is 6.92 Å². The summed E-state index contributed by atoms with van der Waals surface area (Å²) in [7, 11) is 1.64. The molecule has 0 spiro atoms. The summed E-state index contributed by atoms with van der Waals surface area (Å²) in [6.45, 7) is 2.05. The van der Waals surface area contributed by atoms with Gasteiger partial charge in [-0.1, -0.05) is 60.3 Å². The van der Waals surface area contributed by atoms with Gasteiger partial charge in [0.1, 0.15) is 5.75 Å². The van der Waals surface area contributed by atoms with Crippen LogP contribution >= 0.6 is 11.8 Å². The number of nitrogens with one attached hydrogen (secondary N) is 2. The van der Waals surface area contributed by atoms with E-state index in [1.165, 1.54) is 17.3 Å². The number of imidazole rings is 1. The number of aromatic amines is 1. The number of thioether (sulfide) groups is 1. The van der Waals surface area contributed by atoms with Gasteiger partial charge in [-0.3, -0.25) is 4.79 Å². The van der Waals surface area contributed by atoms with E-state index in [0.717, 1.165) is 33.1 Å². The summed E-state index contributed by atoms with van der Waals surface area (Å²) in [4.78, 5) is 20.6. The van der Waals surface area contributed by atoms with E-state index < -0.39 is 0 Å². The number of carbonyl (C=O) groups excluding carboxylic acids is 1. The maximum atomic E-state index is 12.8. The normalized spacial score (nSPS) is 11.9. The van der Waals surface area contributed by atoms with Crippen LogP contribution in [0.2, 0.25) is 0 Å². The predicted octanol–water partition coefficient (Wildman–Crippen LogP) is 4.88. The number of carbonyl (C=O) groups is 1. The number of nitrogens with zero attached hydrogens (tertiary/aromatic N) is 1. The Bertz CT molecular complexity index is 1140. The van der Waals surface area contributed by atoms with Crippen molar-refractivity contribution in [2.75, 3.05) is 12.9 Å². The average Bonchev–Trinajstić information content (AvgIpc) is 3.19. The minimum atomic E-state index is -0.233. The number of aryl methyl sites for hydroxylation is 1. The fourth-order valence-corrected chi connectivity index (χ4v) is 4.00. The number of ether oxygens (including phenoxy) is 1. The third-order valence-corrected chi connectivity index (χ3v) is 5.72. The van der Waals surface area contributed by atoms with E-state index in [2.05, 4.69) is 21.4 Å². The summed E-state index contributed by atoms with van der Waals surface area (Å²) in [5.74, 6) is 1.01. The number of fused-ring (bicyclic) bond motifs is 1. The Morgan fingerprint density at radius 2 is 1.80 bits per heavy atom. The van der Waals surface area contributed by atoms with Crippen molar-refractivity contribution < 1.29 is 9.53 Å². The molecule has 1 heterocycles. The van der Waals surface area contributed by atoms with Crippen molar-refractivity contribution in [3.63, 3.8) is 0 Å². The van der Waals surface area contributed by atoms with Crippen molar-refractivity contribution in [3.8, 4) is 5.75 Å². The molecule has 2 N–H and O–H groups in total. The molecule has 1 atom stereocenters. The molecule has 3 aromatic carbocycles. The smallest absolute Gasteiger partial charge is 0.231 e. The summed E-state index contributed by atoms with van der Waals surface area (Å²) in [5.41, 5.74) is 5.09. The third-order valence-electron chi connectivity index (χ3n) is 4.84. The fourth-order valence-electron chi connectivity index (χ4n) is 3.31. The zero-order valence-electron chi connectivity index (χ0n) is 16.9. The summed E-state index contributed by atoms with van der Waals surface area (Å²) in [6.07, 6.45) is 0. The molecule has 1 amide bonds. The molecule has 30 heavy (non-hydrogen) atoms. The maximum absolute atomic E-state index is 12.8. The summed E-state index contributed by atoms with van der Waals surface area (Å²) in [5, 5.41) is 3.90. The summed E-state index contributed by atoms with van der Waals surface area (Å²) < 4.78 is 5.25. The number of aromatic nitrogens is 2. The number of amides is 1. The molecule has 0 saturated carbocycles. The Morgan fingerprint density at radius 1 is 1.07 bits per heavy atom. The molecule has 0 aliphatic carbocycles. The molecule has 6 heteroatoms. The number of methoxy groups -OCH3 is 1. The monoisotopic (exact) mass is 417 g/mol. The van der Waals surface area contributed by atoms with Crippen molar-refractivity contribution in [1.29, 1.82) is 0 Å². The second kappa shape index (κ2) is 9.05. The van der Waals surface area contributed by atoms with Gasteiger partial charge in [-0.15, -0.1) is 0 Å². The first-order chi connectivity index (χ1) is 14.6. The molecule has 0 fully saturated rings. The van der Waals surface area contributed by atoms with Gasteiger partial charge >= 0.3 is 0 Å². The SMILES string of the molecule is COc1ccc(C(NC(=O)CSc2nc3ccc(C)cc3[nH]2)c2ccccc2)cc1. The molecule has 0 saturated heterocycles. The van der Waals surface area contributed by atoms with Gasteiger partial charge in [0.25, 0.3) is 0 Å². The van der Waals surface area contributed by atoms with Crippen LogP contribution in [-0.4, -0.2) is 28.7 Å². The highest BCUT2D eigenvalue weighted by atomic mass is 32.2. The second-order valence-corrected chi connectivity index (χ2v) is 8.00. The molecule has 1 unspecified atom stereocenters. The molecule has 0 radical (unpaired) electrons. The number of benzene rings is 3. The van der Waals surface area contributed by atoms with E-state index in [1.54, 1.807) is 7.11 Å². The highest BCUT2D eigenvalue weighted by Crippen LogP contribution is 2.25. The highest BCUT2D eigenvalue weighted by molar-refractivity contribution is 7.99. The topological polar surface area (TPSA) is 67.0 Å². The first-order valence-corrected chi connectivity index (χ1v) is 10.7. The van der Waals surface area contributed by atoms with E-state index in [1.807, 2.05) is 73.7 Å². The van der Waals surface area contributed by atoms with E-state index >= 15 is 0 Å². The molecule has 5 nitrogen and oxygen atoms in total. The van der Waals surface area contributed by atoms with Crippen molar-refractivity contribution in [3.05, 3.63) is 89.5 Å². The van der Waals surface area contributed by atoms with Crippen LogP contribution in [0.25, 0.3) is 11.0 Å². The minimum absolute atomic E-state index is 0.0543. The standard InChI is InChI=1S/C24H23N3O2S/c1-16-8-13-20-21(14-16)26-24(25-20)30-15-22(28)27-23(17-6-4-3-5-7-17)18-9-11-19(29-2)12-10-18/h3-14,23H,15H2,1-2H3,(H,25,26)(H,27,28). The Hall–Kier alpha value is -3.25. The molecule has 1 aromatic heterocycles. The molecule has 0 aliphatic rings. The minimum Gasteiger partial charge on any atom is -0.497 e. The third kappa shape index (κ3) is 4.66. The summed E-state index contributed by atoms with van der Waals surface area (Å²) in [6, 6.07) is 23.6. The number of H-pyrrole nitrogens is 1. The predicted molar refractivity (Wildman–Crippen MR) is 121 cm³/mol. The zero-order chi connectivity index (χ0) is 20.9. The zero-order valence-corrected chi connectivity index (χ0v) is 17.7. The van der Waals surface area contributed by atoms with Crippen LogP contribution in [0.15, 0.2) is 78.0 Å². The lowest BCUT2D eigenvalue weighted by atomic mass is 9.98. The van der Waals surface area contributed by atoms with Gasteiger partial charge in [0.2, 0.25) is 5.91 Å². The van der Waals surface area contributed by atoms with Gasteiger partial charge in [-0.25, -0.2) is 4.98 Å². The van der Waals surface area contributed by atoms with E-state index in [-0.39, 0.29) is 17.7 Å². The molecular weight excluding hydrogens is 394 g/mol. The molecule has 0 bridgehead atoms. The van der Waals surface area contributed by atoms with E-state index in [4.69, 9.17) is 4.74 Å². The van der Waals surface area contributed by atoms with E-state index in [0.29, 0.717) is 0 Å². The van der Waals surface area contributed by atoms with Crippen LogP contribution in [0.4, 0.5) is 0 Å². The summed E-state index contributed by atoms with van der Waals surface area (Å²) >= 11 is 1.40. The average molecular weight is 418 g/mol.